The molecule has 0 spiro atoms. The fourth-order valence-corrected chi connectivity index (χ4v) is 2.51. The van der Waals surface area contributed by atoms with Crippen molar-refractivity contribution in [2.24, 2.45) is 0 Å². The highest BCUT2D eigenvalue weighted by atomic mass is 79.9. The summed E-state index contributed by atoms with van der Waals surface area (Å²) in [5, 5.41) is 7.46. The zero-order chi connectivity index (χ0) is 11.7. The van der Waals surface area contributed by atoms with E-state index in [-0.39, 0.29) is 17.9 Å². The van der Waals surface area contributed by atoms with E-state index in [1.165, 1.54) is 0 Å². The molecular formula is C11H16BrN3O. The molecule has 1 aromatic rings. The lowest BCUT2D eigenvalue weighted by Crippen LogP contribution is -2.32. The first-order valence-electron chi connectivity index (χ1n) is 5.62. The number of Topliss-reactive ketones (excluding diaryl/α,β-unsaturated/α-hetero) is 1. The van der Waals surface area contributed by atoms with Gasteiger partial charge in [-0.1, -0.05) is 0 Å². The van der Waals surface area contributed by atoms with Crippen molar-refractivity contribution in [3.63, 3.8) is 0 Å². The van der Waals surface area contributed by atoms with Crippen LogP contribution in [0.1, 0.15) is 43.2 Å². The van der Waals surface area contributed by atoms with Crippen LogP contribution in [0.3, 0.4) is 0 Å². The van der Waals surface area contributed by atoms with E-state index in [0.29, 0.717) is 5.69 Å². The number of carbonyl (C=O) groups excluding carboxylic acids is 1. The van der Waals surface area contributed by atoms with Crippen LogP contribution in [0.4, 0.5) is 0 Å². The Bertz CT molecular complexity index is 394. The number of aromatic nitrogens is 2. The highest BCUT2D eigenvalue weighted by Crippen LogP contribution is 2.23. The summed E-state index contributed by atoms with van der Waals surface area (Å²) in [6, 6.07) is 0.164. The molecule has 0 aliphatic carbocycles. The van der Waals surface area contributed by atoms with Gasteiger partial charge in [-0.15, -0.1) is 0 Å². The summed E-state index contributed by atoms with van der Waals surface area (Å²) in [7, 11) is 0. The molecule has 2 rings (SSSR count). The first kappa shape index (κ1) is 11.8. The first-order chi connectivity index (χ1) is 7.61. The number of ketones is 1. The van der Waals surface area contributed by atoms with Crippen molar-refractivity contribution in [2.45, 2.75) is 38.8 Å². The molecule has 1 atom stereocenters. The summed E-state index contributed by atoms with van der Waals surface area (Å²) in [5.41, 5.74) is 0.689. The summed E-state index contributed by atoms with van der Waals surface area (Å²) in [6.07, 6.45) is 3.70. The molecule has 0 saturated carbocycles. The molecule has 2 heterocycles. The third kappa shape index (κ3) is 2.06. The highest BCUT2D eigenvalue weighted by molar-refractivity contribution is 9.10. The van der Waals surface area contributed by atoms with Gasteiger partial charge in [-0.05, 0) is 49.2 Å². The van der Waals surface area contributed by atoms with Crippen molar-refractivity contribution in [3.05, 3.63) is 16.4 Å². The minimum atomic E-state index is -0.0366. The SMILES string of the molecule is CC(C)n1ncc(Br)c1C(=O)C1CCCN1. The minimum Gasteiger partial charge on any atom is -0.307 e. The maximum atomic E-state index is 12.3. The Labute approximate surface area is 104 Å². The Balaban J connectivity index is 2.31. The predicted octanol–water partition coefficient (Wildman–Crippen LogP) is 2.16. The molecule has 0 amide bonds. The molecular weight excluding hydrogens is 270 g/mol. The second-order valence-electron chi connectivity index (χ2n) is 4.39. The standard InChI is InChI=1S/C11H16BrN3O/c1-7(2)15-10(8(12)6-14-15)11(16)9-4-3-5-13-9/h6-7,9,13H,3-5H2,1-2H3. The van der Waals surface area contributed by atoms with E-state index in [4.69, 9.17) is 0 Å². The van der Waals surface area contributed by atoms with E-state index in [0.717, 1.165) is 23.9 Å². The number of nitrogens with one attached hydrogen (secondary N) is 1. The third-order valence-corrected chi connectivity index (χ3v) is 3.43. The lowest BCUT2D eigenvalue weighted by Gasteiger charge is -2.14. The number of nitrogens with zero attached hydrogens (tertiary/aromatic N) is 2. The van der Waals surface area contributed by atoms with E-state index in [1.54, 1.807) is 10.9 Å². The van der Waals surface area contributed by atoms with E-state index >= 15 is 0 Å². The van der Waals surface area contributed by atoms with Crippen LogP contribution in [-0.2, 0) is 0 Å². The van der Waals surface area contributed by atoms with E-state index in [2.05, 4.69) is 26.3 Å². The van der Waals surface area contributed by atoms with Crippen LogP contribution in [0.2, 0.25) is 0 Å². The van der Waals surface area contributed by atoms with Gasteiger partial charge in [0.2, 0.25) is 0 Å². The summed E-state index contributed by atoms with van der Waals surface area (Å²) in [6.45, 7) is 4.99. The minimum absolute atomic E-state index is 0.0366. The van der Waals surface area contributed by atoms with Crippen LogP contribution < -0.4 is 5.32 Å². The smallest absolute Gasteiger partial charge is 0.198 e. The molecule has 1 fully saturated rings. The van der Waals surface area contributed by atoms with E-state index < -0.39 is 0 Å². The molecule has 1 aliphatic heterocycles. The van der Waals surface area contributed by atoms with E-state index in [9.17, 15) is 4.79 Å². The molecule has 1 aromatic heterocycles. The molecule has 1 aliphatic rings. The largest absolute Gasteiger partial charge is 0.307 e. The molecule has 1 N–H and O–H groups in total. The molecule has 1 unspecified atom stereocenters. The summed E-state index contributed by atoms with van der Waals surface area (Å²) in [4.78, 5) is 12.3. The van der Waals surface area contributed by atoms with Crippen molar-refractivity contribution in [2.75, 3.05) is 6.54 Å². The topological polar surface area (TPSA) is 46.9 Å². The Morgan fingerprint density at radius 3 is 3.00 bits per heavy atom. The fraction of sp³-hybridized carbons (Fsp3) is 0.636. The quantitative estimate of drug-likeness (QED) is 0.866. The van der Waals surface area contributed by atoms with Crippen LogP contribution in [0.5, 0.6) is 0 Å². The third-order valence-electron chi connectivity index (χ3n) is 2.85. The van der Waals surface area contributed by atoms with Gasteiger partial charge in [-0.25, -0.2) is 0 Å². The molecule has 5 heteroatoms. The van der Waals surface area contributed by atoms with Gasteiger partial charge in [0, 0.05) is 6.04 Å². The molecule has 4 nitrogen and oxygen atoms in total. The van der Waals surface area contributed by atoms with Gasteiger partial charge in [-0.3, -0.25) is 9.48 Å². The first-order valence-corrected chi connectivity index (χ1v) is 6.41. The van der Waals surface area contributed by atoms with Crippen LogP contribution in [0, 0.1) is 0 Å². The molecule has 0 bridgehead atoms. The van der Waals surface area contributed by atoms with Gasteiger partial charge in [0.1, 0.15) is 5.69 Å². The number of halogens is 1. The normalized spacial score (nSPS) is 20.6. The van der Waals surface area contributed by atoms with Gasteiger partial charge < -0.3 is 5.32 Å². The molecule has 1 saturated heterocycles. The molecule has 0 aromatic carbocycles. The molecule has 16 heavy (non-hydrogen) atoms. The predicted molar refractivity (Wildman–Crippen MR) is 65.7 cm³/mol. The zero-order valence-electron chi connectivity index (χ0n) is 9.53. The van der Waals surface area contributed by atoms with Gasteiger partial charge in [-0.2, -0.15) is 5.10 Å². The average molecular weight is 286 g/mol. The maximum Gasteiger partial charge on any atom is 0.198 e. The second-order valence-corrected chi connectivity index (χ2v) is 5.25. The van der Waals surface area contributed by atoms with E-state index in [1.807, 2.05) is 13.8 Å². The van der Waals surface area contributed by atoms with Gasteiger partial charge >= 0.3 is 0 Å². The summed E-state index contributed by atoms with van der Waals surface area (Å²) < 4.78 is 2.58. The van der Waals surface area contributed by atoms with Gasteiger partial charge in [0.05, 0.1) is 16.7 Å². The Hall–Kier alpha value is -0.680. The Morgan fingerprint density at radius 1 is 1.69 bits per heavy atom. The van der Waals surface area contributed by atoms with Crippen molar-refractivity contribution < 1.29 is 4.79 Å². The summed E-state index contributed by atoms with van der Waals surface area (Å²) in [5.74, 6) is 0.149. The Kier molecular flexibility index (Phi) is 3.44. The lowest BCUT2D eigenvalue weighted by molar-refractivity contribution is 0.0939. The number of carbonyl (C=O) groups is 1. The fourth-order valence-electron chi connectivity index (χ4n) is 2.04. The molecule has 88 valence electrons. The second kappa shape index (κ2) is 4.67. The Morgan fingerprint density at radius 2 is 2.44 bits per heavy atom. The van der Waals surface area contributed by atoms with Gasteiger partial charge in [0.25, 0.3) is 0 Å². The number of hydrogen-bond donors (Lipinski definition) is 1. The number of rotatable bonds is 3. The van der Waals surface area contributed by atoms with Crippen molar-refractivity contribution in [1.82, 2.24) is 15.1 Å². The average Bonchev–Trinajstić information content (AvgIpc) is 2.84. The number of hydrogen-bond acceptors (Lipinski definition) is 3. The zero-order valence-corrected chi connectivity index (χ0v) is 11.1. The maximum absolute atomic E-state index is 12.3. The van der Waals surface area contributed by atoms with Crippen molar-refractivity contribution in [1.29, 1.82) is 0 Å². The molecule has 0 radical (unpaired) electrons. The summed E-state index contributed by atoms with van der Waals surface area (Å²) >= 11 is 3.40. The van der Waals surface area contributed by atoms with Crippen LogP contribution in [-0.4, -0.2) is 28.2 Å². The van der Waals surface area contributed by atoms with Crippen LogP contribution >= 0.6 is 15.9 Å². The van der Waals surface area contributed by atoms with Crippen LogP contribution in [0.25, 0.3) is 0 Å². The monoisotopic (exact) mass is 285 g/mol. The lowest BCUT2D eigenvalue weighted by atomic mass is 10.1. The van der Waals surface area contributed by atoms with Crippen LogP contribution in [0.15, 0.2) is 10.7 Å². The van der Waals surface area contributed by atoms with Crippen molar-refractivity contribution in [3.8, 4) is 0 Å². The van der Waals surface area contributed by atoms with Gasteiger partial charge in [0.15, 0.2) is 5.78 Å². The highest BCUT2D eigenvalue weighted by Gasteiger charge is 2.28. The van der Waals surface area contributed by atoms with Crippen molar-refractivity contribution >= 4 is 21.7 Å².